The molecule has 2 aromatic rings. The first kappa shape index (κ1) is 16.2. The van der Waals surface area contributed by atoms with Crippen LogP contribution in [0.15, 0.2) is 48.5 Å². The second-order valence-electron chi connectivity index (χ2n) is 6.76. The van der Waals surface area contributed by atoms with E-state index in [0.29, 0.717) is 18.0 Å². The van der Waals surface area contributed by atoms with Crippen molar-refractivity contribution < 1.29 is 14.7 Å². The number of carbonyl (C=O) groups excluding carboxylic acids is 1. The lowest BCUT2D eigenvalue weighted by atomic mass is 9.93. The zero-order valence-corrected chi connectivity index (χ0v) is 14.3. The fourth-order valence-corrected chi connectivity index (χ4v) is 4.05. The van der Waals surface area contributed by atoms with E-state index in [2.05, 4.69) is 0 Å². The highest BCUT2D eigenvalue weighted by Gasteiger charge is 2.49. The predicted molar refractivity (Wildman–Crippen MR) is 94.4 cm³/mol. The number of rotatable bonds is 3. The van der Waals surface area contributed by atoms with Crippen molar-refractivity contribution in [2.45, 2.75) is 31.3 Å². The van der Waals surface area contributed by atoms with Gasteiger partial charge in [-0.25, -0.2) is 4.79 Å². The molecule has 1 aliphatic carbocycles. The molecule has 0 saturated heterocycles. The number of aliphatic carboxylic acids is 1. The van der Waals surface area contributed by atoms with Crippen molar-refractivity contribution in [1.29, 1.82) is 0 Å². The number of fused-ring (bicyclic) bond motifs is 1. The summed E-state index contributed by atoms with van der Waals surface area (Å²) in [6, 6.07) is 14.5. The predicted octanol–water partition coefficient (Wildman–Crippen LogP) is 3.48. The summed E-state index contributed by atoms with van der Waals surface area (Å²) in [4.78, 5) is 26.2. The van der Waals surface area contributed by atoms with Crippen molar-refractivity contribution >= 4 is 23.5 Å². The molecular weight excluding hydrogens is 338 g/mol. The Morgan fingerprint density at radius 2 is 1.72 bits per heavy atom. The van der Waals surface area contributed by atoms with Crippen molar-refractivity contribution in [3.05, 3.63) is 70.2 Å². The molecule has 25 heavy (non-hydrogen) atoms. The second kappa shape index (κ2) is 6.19. The van der Waals surface area contributed by atoms with Crippen LogP contribution in [-0.4, -0.2) is 27.9 Å². The molecule has 3 atom stereocenters. The minimum Gasteiger partial charge on any atom is -0.480 e. The first-order chi connectivity index (χ1) is 12.1. The van der Waals surface area contributed by atoms with Crippen LogP contribution < -0.4 is 0 Å². The Hall–Kier alpha value is -2.33. The number of benzene rings is 2. The minimum atomic E-state index is -0.946. The molecule has 1 amide bonds. The minimum absolute atomic E-state index is 0.0770. The monoisotopic (exact) mass is 355 g/mol. The summed E-state index contributed by atoms with van der Waals surface area (Å²) in [5.41, 5.74) is 3.02. The molecule has 1 heterocycles. The third kappa shape index (κ3) is 2.91. The lowest BCUT2D eigenvalue weighted by Crippen LogP contribution is -2.49. The number of amides is 1. The molecule has 2 aromatic carbocycles. The maximum atomic E-state index is 13.0. The van der Waals surface area contributed by atoms with E-state index in [0.717, 1.165) is 23.1 Å². The molecule has 1 N–H and O–H groups in total. The van der Waals surface area contributed by atoms with E-state index in [-0.39, 0.29) is 17.7 Å². The summed E-state index contributed by atoms with van der Waals surface area (Å²) in [5.74, 6) is -1.11. The average molecular weight is 356 g/mol. The number of carboxylic acids is 1. The van der Waals surface area contributed by atoms with Gasteiger partial charge >= 0.3 is 5.97 Å². The van der Waals surface area contributed by atoms with E-state index >= 15 is 0 Å². The van der Waals surface area contributed by atoms with Crippen LogP contribution in [0.5, 0.6) is 0 Å². The summed E-state index contributed by atoms with van der Waals surface area (Å²) < 4.78 is 0. The van der Waals surface area contributed by atoms with E-state index < -0.39 is 12.0 Å². The first-order valence-electron chi connectivity index (χ1n) is 8.40. The highest BCUT2D eigenvalue weighted by molar-refractivity contribution is 6.31. The molecule has 5 heteroatoms. The lowest BCUT2D eigenvalue weighted by Gasteiger charge is -2.34. The Morgan fingerprint density at radius 1 is 1.04 bits per heavy atom. The average Bonchev–Trinajstić information content (AvgIpc) is 3.40. The molecule has 3 unspecified atom stereocenters. The van der Waals surface area contributed by atoms with Gasteiger partial charge < -0.3 is 10.0 Å². The number of carboxylic acid groups (broad SMARTS) is 1. The van der Waals surface area contributed by atoms with Crippen molar-refractivity contribution in [3.8, 4) is 0 Å². The molecule has 4 nitrogen and oxygen atoms in total. The lowest BCUT2D eigenvalue weighted by molar-refractivity contribution is -0.152. The van der Waals surface area contributed by atoms with Crippen molar-refractivity contribution in [3.63, 3.8) is 0 Å². The van der Waals surface area contributed by atoms with Gasteiger partial charge in [0.1, 0.15) is 6.04 Å². The molecule has 2 aliphatic rings. The zero-order chi connectivity index (χ0) is 17.6. The van der Waals surface area contributed by atoms with Gasteiger partial charge in [-0.3, -0.25) is 4.79 Å². The van der Waals surface area contributed by atoms with Crippen LogP contribution in [0.3, 0.4) is 0 Å². The van der Waals surface area contributed by atoms with Crippen molar-refractivity contribution in [2.75, 3.05) is 0 Å². The number of carbonyl (C=O) groups is 2. The summed E-state index contributed by atoms with van der Waals surface area (Å²) in [6.45, 7) is 0.359. The molecule has 4 rings (SSSR count). The van der Waals surface area contributed by atoms with Gasteiger partial charge in [0.05, 0.1) is 0 Å². The van der Waals surface area contributed by atoms with Gasteiger partial charge in [0.2, 0.25) is 5.91 Å². The Kier molecular flexibility index (Phi) is 4.00. The maximum absolute atomic E-state index is 13.0. The van der Waals surface area contributed by atoms with Crippen LogP contribution in [0.25, 0.3) is 0 Å². The zero-order valence-electron chi connectivity index (χ0n) is 13.6. The van der Waals surface area contributed by atoms with Gasteiger partial charge in [-0.15, -0.1) is 0 Å². The molecule has 1 aliphatic heterocycles. The summed E-state index contributed by atoms with van der Waals surface area (Å²) >= 11 is 6.24. The van der Waals surface area contributed by atoms with Gasteiger partial charge in [0, 0.05) is 23.9 Å². The fraction of sp³-hybridized carbons (Fsp3) is 0.300. The summed E-state index contributed by atoms with van der Waals surface area (Å²) in [6.07, 6.45) is 1.09. The van der Waals surface area contributed by atoms with Crippen LogP contribution in [0, 0.1) is 5.92 Å². The van der Waals surface area contributed by atoms with E-state index in [1.807, 2.05) is 48.5 Å². The first-order valence-corrected chi connectivity index (χ1v) is 8.78. The van der Waals surface area contributed by atoms with Gasteiger partial charge in [-0.2, -0.15) is 0 Å². The number of nitrogens with zero attached hydrogens (tertiary/aromatic N) is 1. The maximum Gasteiger partial charge on any atom is 0.326 e. The van der Waals surface area contributed by atoms with Crippen molar-refractivity contribution in [2.24, 2.45) is 5.92 Å². The normalized spacial score (nSPS) is 24.5. The highest BCUT2D eigenvalue weighted by Crippen LogP contribution is 2.51. The van der Waals surface area contributed by atoms with Gasteiger partial charge in [0.15, 0.2) is 0 Å². The molecule has 0 bridgehead atoms. The standard InChI is InChI=1S/C20H18ClNO3/c21-17-8-4-3-7-14(17)15-10-16(15)19(23)22-11-13-6-2-1-5-12(13)9-18(22)20(24)25/h1-8,15-16,18H,9-11H2,(H,24,25). The largest absolute Gasteiger partial charge is 0.480 e. The number of hydrogen-bond acceptors (Lipinski definition) is 2. The number of hydrogen-bond donors (Lipinski definition) is 1. The van der Waals surface area contributed by atoms with E-state index in [1.165, 1.54) is 4.90 Å². The molecular formula is C20H18ClNO3. The summed E-state index contributed by atoms with van der Waals surface area (Å²) in [7, 11) is 0. The third-order valence-electron chi connectivity index (χ3n) is 5.23. The smallest absolute Gasteiger partial charge is 0.326 e. The van der Waals surface area contributed by atoms with Gasteiger partial charge in [-0.1, -0.05) is 54.1 Å². The third-order valence-corrected chi connectivity index (χ3v) is 5.57. The van der Waals surface area contributed by atoms with Crippen LogP contribution in [0.4, 0.5) is 0 Å². The SMILES string of the molecule is O=C(O)C1Cc2ccccc2CN1C(=O)C1CC1c1ccccc1Cl. The van der Waals surface area contributed by atoms with Crippen LogP contribution in [0.2, 0.25) is 5.02 Å². The molecule has 0 aromatic heterocycles. The Morgan fingerprint density at radius 3 is 2.44 bits per heavy atom. The Balaban J connectivity index is 1.57. The topological polar surface area (TPSA) is 57.6 Å². The van der Waals surface area contributed by atoms with Crippen LogP contribution in [-0.2, 0) is 22.6 Å². The van der Waals surface area contributed by atoms with Crippen molar-refractivity contribution in [1.82, 2.24) is 4.90 Å². The van der Waals surface area contributed by atoms with Gasteiger partial charge in [-0.05, 0) is 35.1 Å². The summed E-state index contributed by atoms with van der Waals surface area (Å²) in [5, 5.41) is 10.3. The van der Waals surface area contributed by atoms with Crippen LogP contribution in [0.1, 0.15) is 29.0 Å². The molecule has 0 radical (unpaired) electrons. The fourth-order valence-electron chi connectivity index (χ4n) is 3.78. The van der Waals surface area contributed by atoms with E-state index in [1.54, 1.807) is 0 Å². The number of halogens is 1. The molecule has 128 valence electrons. The van der Waals surface area contributed by atoms with E-state index in [4.69, 9.17) is 11.6 Å². The Bertz CT molecular complexity index is 850. The molecule has 0 spiro atoms. The quantitative estimate of drug-likeness (QED) is 0.917. The highest BCUT2D eigenvalue weighted by atomic mass is 35.5. The van der Waals surface area contributed by atoms with Gasteiger partial charge in [0.25, 0.3) is 0 Å². The molecule has 1 fully saturated rings. The molecule has 1 saturated carbocycles. The van der Waals surface area contributed by atoms with Crippen LogP contribution >= 0.6 is 11.6 Å². The van der Waals surface area contributed by atoms with E-state index in [9.17, 15) is 14.7 Å². The Labute approximate surface area is 151 Å². The second-order valence-corrected chi connectivity index (χ2v) is 7.17.